The van der Waals surface area contributed by atoms with Gasteiger partial charge in [0.05, 0.1) is 4.90 Å². The van der Waals surface area contributed by atoms with Crippen molar-refractivity contribution in [2.75, 3.05) is 11.9 Å². The fourth-order valence-corrected chi connectivity index (χ4v) is 4.40. The zero-order valence-electron chi connectivity index (χ0n) is 11.8. The Bertz CT molecular complexity index is 690. The number of anilines is 1. The summed E-state index contributed by atoms with van der Waals surface area (Å²) in [6.45, 7) is 4.93. The smallest absolute Gasteiger partial charge is 0.240 e. The Balaban J connectivity index is 2.03. The van der Waals surface area contributed by atoms with Gasteiger partial charge in [0.2, 0.25) is 10.0 Å². The van der Waals surface area contributed by atoms with Crippen molar-refractivity contribution >= 4 is 43.0 Å². The number of halogens is 1. The Labute approximate surface area is 137 Å². The average Bonchev–Trinajstić information content (AvgIpc) is 2.76. The van der Waals surface area contributed by atoms with Gasteiger partial charge in [0.25, 0.3) is 0 Å². The van der Waals surface area contributed by atoms with Crippen LogP contribution in [0.3, 0.4) is 0 Å². The summed E-state index contributed by atoms with van der Waals surface area (Å²) >= 11 is 5.23. The standard InChI is InChI=1S/C14H17BrN2O2S2/c1-3-17-21(18,19)13-6-4-11(5-7-13)16-9-12-8-14(15)10(2)20-12/h4-8,16-17H,3,9H2,1-2H3. The molecule has 1 aromatic heterocycles. The van der Waals surface area contributed by atoms with Gasteiger partial charge in [0, 0.05) is 33.0 Å². The van der Waals surface area contributed by atoms with Crippen molar-refractivity contribution in [1.29, 1.82) is 0 Å². The molecule has 1 aromatic carbocycles. The fourth-order valence-electron chi connectivity index (χ4n) is 1.82. The summed E-state index contributed by atoms with van der Waals surface area (Å²) in [5.41, 5.74) is 0.896. The molecule has 2 N–H and O–H groups in total. The molecule has 0 bridgehead atoms. The van der Waals surface area contributed by atoms with Gasteiger partial charge in [-0.15, -0.1) is 11.3 Å². The average molecular weight is 389 g/mol. The molecule has 0 saturated heterocycles. The number of nitrogens with one attached hydrogen (secondary N) is 2. The minimum Gasteiger partial charge on any atom is -0.380 e. The number of thiophene rings is 1. The normalized spacial score (nSPS) is 11.6. The molecule has 0 unspecified atom stereocenters. The van der Waals surface area contributed by atoms with Crippen LogP contribution in [0.1, 0.15) is 16.7 Å². The third-order valence-electron chi connectivity index (χ3n) is 2.87. The molecule has 1 heterocycles. The van der Waals surface area contributed by atoms with E-state index >= 15 is 0 Å². The van der Waals surface area contributed by atoms with Gasteiger partial charge in [-0.2, -0.15) is 0 Å². The molecule has 0 amide bonds. The topological polar surface area (TPSA) is 58.2 Å². The lowest BCUT2D eigenvalue weighted by molar-refractivity contribution is 0.584. The molecule has 0 saturated carbocycles. The van der Waals surface area contributed by atoms with Gasteiger partial charge < -0.3 is 5.32 Å². The Kier molecular flexibility index (Phi) is 5.43. The Hall–Kier alpha value is -0.890. The van der Waals surface area contributed by atoms with Crippen LogP contribution >= 0.6 is 27.3 Å². The van der Waals surface area contributed by atoms with Crippen molar-refractivity contribution in [3.05, 3.63) is 44.6 Å². The van der Waals surface area contributed by atoms with Crippen LogP contribution in [0.5, 0.6) is 0 Å². The van der Waals surface area contributed by atoms with E-state index in [0.29, 0.717) is 6.54 Å². The molecule has 2 rings (SSSR count). The van der Waals surface area contributed by atoms with Gasteiger partial charge in [-0.1, -0.05) is 6.92 Å². The van der Waals surface area contributed by atoms with E-state index in [1.54, 1.807) is 42.5 Å². The second-order valence-electron chi connectivity index (χ2n) is 4.50. The van der Waals surface area contributed by atoms with Crippen molar-refractivity contribution in [3.8, 4) is 0 Å². The van der Waals surface area contributed by atoms with E-state index in [1.165, 1.54) is 9.75 Å². The lowest BCUT2D eigenvalue weighted by Gasteiger charge is -2.07. The maximum atomic E-state index is 11.8. The molecule has 4 nitrogen and oxygen atoms in total. The second-order valence-corrected chi connectivity index (χ2v) is 8.46. The molecule has 0 radical (unpaired) electrons. The Morgan fingerprint density at radius 1 is 1.24 bits per heavy atom. The maximum Gasteiger partial charge on any atom is 0.240 e. The Morgan fingerprint density at radius 3 is 2.43 bits per heavy atom. The summed E-state index contributed by atoms with van der Waals surface area (Å²) in [6, 6.07) is 8.86. The van der Waals surface area contributed by atoms with Crippen molar-refractivity contribution in [2.45, 2.75) is 25.3 Å². The van der Waals surface area contributed by atoms with Crippen molar-refractivity contribution in [1.82, 2.24) is 4.72 Å². The summed E-state index contributed by atoms with van der Waals surface area (Å²) in [7, 11) is -3.38. The highest BCUT2D eigenvalue weighted by atomic mass is 79.9. The van der Waals surface area contributed by atoms with Crippen LogP contribution in [0, 0.1) is 6.92 Å². The highest BCUT2D eigenvalue weighted by molar-refractivity contribution is 9.10. The number of hydrogen-bond donors (Lipinski definition) is 2. The quantitative estimate of drug-likeness (QED) is 0.792. The lowest BCUT2D eigenvalue weighted by atomic mass is 10.3. The molecule has 0 aliphatic heterocycles. The fraction of sp³-hybridized carbons (Fsp3) is 0.286. The number of hydrogen-bond acceptors (Lipinski definition) is 4. The van der Waals surface area contributed by atoms with Crippen LogP contribution in [0.25, 0.3) is 0 Å². The predicted octanol–water partition coefficient (Wildman–Crippen LogP) is 3.73. The molecule has 0 spiro atoms. The molecule has 114 valence electrons. The van der Waals surface area contributed by atoms with Crippen molar-refractivity contribution in [3.63, 3.8) is 0 Å². The first-order chi connectivity index (χ1) is 9.92. The number of sulfonamides is 1. The van der Waals surface area contributed by atoms with Crippen LogP contribution in [-0.4, -0.2) is 15.0 Å². The third kappa shape index (κ3) is 4.29. The lowest BCUT2D eigenvalue weighted by Crippen LogP contribution is -2.23. The van der Waals surface area contributed by atoms with Crippen LogP contribution < -0.4 is 10.0 Å². The minimum absolute atomic E-state index is 0.282. The first kappa shape index (κ1) is 16.5. The molecule has 0 aliphatic carbocycles. The molecule has 0 atom stereocenters. The van der Waals surface area contributed by atoms with E-state index in [0.717, 1.165) is 16.7 Å². The second kappa shape index (κ2) is 6.91. The first-order valence-corrected chi connectivity index (χ1v) is 9.60. The summed E-state index contributed by atoms with van der Waals surface area (Å²) in [6.07, 6.45) is 0. The number of benzene rings is 1. The molecular weight excluding hydrogens is 372 g/mol. The van der Waals surface area contributed by atoms with Crippen LogP contribution in [-0.2, 0) is 16.6 Å². The van der Waals surface area contributed by atoms with Crippen LogP contribution in [0.15, 0.2) is 39.7 Å². The molecule has 2 aromatic rings. The summed E-state index contributed by atoms with van der Waals surface area (Å²) < 4.78 is 27.3. The zero-order valence-corrected chi connectivity index (χ0v) is 15.0. The van der Waals surface area contributed by atoms with E-state index in [-0.39, 0.29) is 4.90 Å². The first-order valence-electron chi connectivity index (χ1n) is 6.51. The summed E-state index contributed by atoms with van der Waals surface area (Å²) in [5, 5.41) is 3.29. The van der Waals surface area contributed by atoms with E-state index in [4.69, 9.17) is 0 Å². The minimum atomic E-state index is -3.38. The highest BCUT2D eigenvalue weighted by Gasteiger charge is 2.11. The molecule has 0 aliphatic rings. The molecular formula is C14H17BrN2O2S2. The highest BCUT2D eigenvalue weighted by Crippen LogP contribution is 2.27. The van der Waals surface area contributed by atoms with Gasteiger partial charge in [0.1, 0.15) is 0 Å². The monoisotopic (exact) mass is 388 g/mol. The van der Waals surface area contributed by atoms with E-state index in [9.17, 15) is 8.42 Å². The number of aryl methyl sites for hydroxylation is 1. The van der Waals surface area contributed by atoms with Gasteiger partial charge in [0.15, 0.2) is 0 Å². The van der Waals surface area contributed by atoms with Crippen LogP contribution in [0.4, 0.5) is 5.69 Å². The van der Waals surface area contributed by atoms with Crippen LogP contribution in [0.2, 0.25) is 0 Å². The third-order valence-corrected chi connectivity index (χ3v) is 6.57. The van der Waals surface area contributed by atoms with Gasteiger partial charge in [-0.25, -0.2) is 13.1 Å². The van der Waals surface area contributed by atoms with Gasteiger partial charge in [-0.3, -0.25) is 0 Å². The molecule has 7 heteroatoms. The van der Waals surface area contributed by atoms with Crippen molar-refractivity contribution < 1.29 is 8.42 Å². The van der Waals surface area contributed by atoms with E-state index in [1.807, 2.05) is 0 Å². The van der Waals surface area contributed by atoms with E-state index in [2.05, 4.69) is 39.0 Å². The van der Waals surface area contributed by atoms with Crippen molar-refractivity contribution in [2.24, 2.45) is 0 Å². The SMILES string of the molecule is CCNS(=O)(=O)c1ccc(NCc2cc(Br)c(C)s2)cc1. The van der Waals surface area contributed by atoms with Gasteiger partial charge in [-0.05, 0) is 53.2 Å². The largest absolute Gasteiger partial charge is 0.380 e. The Morgan fingerprint density at radius 2 is 1.90 bits per heavy atom. The number of rotatable bonds is 6. The summed E-state index contributed by atoms with van der Waals surface area (Å²) in [4.78, 5) is 2.76. The van der Waals surface area contributed by atoms with Gasteiger partial charge >= 0.3 is 0 Å². The zero-order chi connectivity index (χ0) is 15.5. The molecule has 0 fully saturated rings. The maximum absolute atomic E-state index is 11.8. The predicted molar refractivity (Wildman–Crippen MR) is 91.4 cm³/mol. The summed E-state index contributed by atoms with van der Waals surface area (Å²) in [5.74, 6) is 0. The molecule has 21 heavy (non-hydrogen) atoms. The van der Waals surface area contributed by atoms with E-state index < -0.39 is 10.0 Å².